The summed E-state index contributed by atoms with van der Waals surface area (Å²) in [5.74, 6) is 0.793. The Balaban J connectivity index is 1.35. The smallest absolute Gasteiger partial charge is 0.253 e. The number of pyridine rings is 1. The normalized spacial score (nSPS) is 18.8. The molecule has 1 saturated heterocycles. The Labute approximate surface area is 217 Å². The maximum atomic E-state index is 13.6. The van der Waals surface area contributed by atoms with Crippen molar-refractivity contribution in [3.05, 3.63) is 87.5 Å². The van der Waals surface area contributed by atoms with E-state index in [4.69, 9.17) is 0 Å². The molecule has 192 valence electrons. The third-order valence-electron chi connectivity index (χ3n) is 8.12. The van der Waals surface area contributed by atoms with E-state index in [1.165, 1.54) is 24.8 Å². The van der Waals surface area contributed by atoms with Crippen LogP contribution in [0.25, 0.3) is 10.9 Å². The van der Waals surface area contributed by atoms with Crippen molar-refractivity contribution in [2.75, 3.05) is 26.2 Å². The molecule has 1 atom stereocenters. The third kappa shape index (κ3) is 4.95. The van der Waals surface area contributed by atoms with Crippen LogP contribution in [0, 0.1) is 6.92 Å². The summed E-state index contributed by atoms with van der Waals surface area (Å²) in [6.07, 6.45) is 5.83. The number of aromatic amines is 1. The Morgan fingerprint density at radius 3 is 2.54 bits per heavy atom. The summed E-state index contributed by atoms with van der Waals surface area (Å²) in [6.45, 7) is 6.53. The highest BCUT2D eigenvalue weighted by atomic mass is 16.1. The first-order valence-electron chi connectivity index (χ1n) is 13.6. The molecule has 2 aromatic heterocycles. The fraction of sp³-hybridized carbons (Fsp3) is 0.448. The monoisotopic (exact) mass is 497 g/mol. The van der Waals surface area contributed by atoms with Crippen LogP contribution in [0.1, 0.15) is 66.7 Å². The topological polar surface area (TPSA) is 82.9 Å². The van der Waals surface area contributed by atoms with Gasteiger partial charge in [-0.15, -0.1) is 5.10 Å². The average molecular weight is 498 g/mol. The number of nitrogens with zero attached hydrogens (tertiary/aromatic N) is 6. The van der Waals surface area contributed by atoms with E-state index in [2.05, 4.69) is 72.8 Å². The maximum Gasteiger partial charge on any atom is 0.253 e. The Morgan fingerprint density at radius 1 is 0.973 bits per heavy atom. The molecule has 2 fully saturated rings. The molecule has 3 heterocycles. The van der Waals surface area contributed by atoms with Gasteiger partial charge in [-0.3, -0.25) is 14.6 Å². The zero-order valence-corrected chi connectivity index (χ0v) is 21.5. The van der Waals surface area contributed by atoms with E-state index in [1.807, 2.05) is 23.7 Å². The van der Waals surface area contributed by atoms with Gasteiger partial charge in [-0.1, -0.05) is 67.8 Å². The van der Waals surface area contributed by atoms with Gasteiger partial charge in [0.25, 0.3) is 5.56 Å². The predicted molar refractivity (Wildman–Crippen MR) is 144 cm³/mol. The zero-order chi connectivity index (χ0) is 25.2. The molecular formula is C29H35N7O. The van der Waals surface area contributed by atoms with E-state index in [-0.39, 0.29) is 11.6 Å². The fourth-order valence-corrected chi connectivity index (χ4v) is 6.09. The molecule has 0 bridgehead atoms. The number of rotatable bonds is 6. The van der Waals surface area contributed by atoms with E-state index in [9.17, 15) is 4.79 Å². The molecule has 8 nitrogen and oxygen atoms in total. The van der Waals surface area contributed by atoms with Crippen LogP contribution >= 0.6 is 0 Å². The second kappa shape index (κ2) is 10.6. The molecule has 8 heteroatoms. The van der Waals surface area contributed by atoms with Gasteiger partial charge in [-0.25, -0.2) is 4.68 Å². The molecular weight excluding hydrogens is 462 g/mol. The zero-order valence-electron chi connectivity index (χ0n) is 21.5. The van der Waals surface area contributed by atoms with Gasteiger partial charge in [0.15, 0.2) is 5.82 Å². The van der Waals surface area contributed by atoms with Crippen molar-refractivity contribution in [2.24, 2.45) is 0 Å². The Morgan fingerprint density at radius 2 is 1.76 bits per heavy atom. The van der Waals surface area contributed by atoms with E-state index in [0.717, 1.165) is 73.4 Å². The summed E-state index contributed by atoms with van der Waals surface area (Å²) in [4.78, 5) is 21.7. The lowest BCUT2D eigenvalue weighted by molar-refractivity contribution is 0.0982. The van der Waals surface area contributed by atoms with E-state index in [0.29, 0.717) is 6.04 Å². The minimum atomic E-state index is -0.288. The molecule has 2 aromatic carbocycles. The van der Waals surface area contributed by atoms with Crippen molar-refractivity contribution >= 4 is 10.9 Å². The third-order valence-corrected chi connectivity index (χ3v) is 8.12. The van der Waals surface area contributed by atoms with Crippen LogP contribution in [-0.2, 0) is 6.54 Å². The van der Waals surface area contributed by atoms with Gasteiger partial charge in [-0.2, -0.15) is 0 Å². The SMILES string of the molecule is Cc1cccc2cc(C(c3nnnn3C3CCCCC3)N3CCN(Cc4ccccc4)CC3)c(=O)[nH]c12. The molecule has 1 aliphatic carbocycles. The van der Waals surface area contributed by atoms with Crippen molar-refractivity contribution in [2.45, 2.75) is 57.7 Å². The predicted octanol–water partition coefficient (Wildman–Crippen LogP) is 4.24. The number of benzene rings is 2. The molecule has 6 rings (SSSR count). The summed E-state index contributed by atoms with van der Waals surface area (Å²) < 4.78 is 2.03. The van der Waals surface area contributed by atoms with Crippen LogP contribution < -0.4 is 5.56 Å². The highest BCUT2D eigenvalue weighted by Gasteiger charge is 2.34. The van der Waals surface area contributed by atoms with Gasteiger partial charge in [-0.05, 0) is 52.8 Å². The standard InChI is InChI=1S/C29H35N7O/c1-21-9-8-12-23-19-25(29(37)30-26(21)23)27(28-31-32-33-36(28)24-13-6-3-7-14-24)35-17-15-34(16-18-35)20-22-10-4-2-5-11-22/h2,4-5,8-12,19,24,27H,3,6-7,13-18,20H2,1H3,(H,30,37). The van der Waals surface area contributed by atoms with Crippen molar-refractivity contribution < 1.29 is 0 Å². The molecule has 1 N–H and O–H groups in total. The number of piperazine rings is 1. The first-order valence-corrected chi connectivity index (χ1v) is 13.6. The number of aromatic nitrogens is 5. The Kier molecular flexibility index (Phi) is 6.85. The highest BCUT2D eigenvalue weighted by Crippen LogP contribution is 2.33. The van der Waals surface area contributed by atoms with Gasteiger partial charge in [0.1, 0.15) is 6.04 Å². The van der Waals surface area contributed by atoms with Crippen LogP contribution in [0.3, 0.4) is 0 Å². The minimum absolute atomic E-state index is 0.0586. The summed E-state index contributed by atoms with van der Waals surface area (Å²) in [5.41, 5.74) is 3.96. The minimum Gasteiger partial charge on any atom is -0.321 e. The summed E-state index contributed by atoms with van der Waals surface area (Å²) in [5, 5.41) is 14.2. The van der Waals surface area contributed by atoms with Gasteiger partial charge >= 0.3 is 0 Å². The summed E-state index contributed by atoms with van der Waals surface area (Å²) in [7, 11) is 0. The van der Waals surface area contributed by atoms with Crippen LogP contribution in [0.2, 0.25) is 0 Å². The van der Waals surface area contributed by atoms with Gasteiger partial charge in [0.05, 0.1) is 11.6 Å². The number of hydrogen-bond acceptors (Lipinski definition) is 6. The quantitative estimate of drug-likeness (QED) is 0.429. The first kappa shape index (κ1) is 24.0. The number of para-hydroxylation sites is 1. The second-order valence-corrected chi connectivity index (χ2v) is 10.6. The van der Waals surface area contributed by atoms with Crippen molar-refractivity contribution in [1.29, 1.82) is 0 Å². The maximum absolute atomic E-state index is 13.6. The molecule has 1 unspecified atom stereocenters. The number of fused-ring (bicyclic) bond motifs is 1. The van der Waals surface area contributed by atoms with E-state index in [1.54, 1.807) is 0 Å². The van der Waals surface area contributed by atoms with Crippen molar-refractivity contribution in [1.82, 2.24) is 35.0 Å². The van der Waals surface area contributed by atoms with Crippen molar-refractivity contribution in [3.8, 4) is 0 Å². The van der Waals surface area contributed by atoms with Crippen LogP contribution in [0.15, 0.2) is 59.4 Å². The highest BCUT2D eigenvalue weighted by molar-refractivity contribution is 5.82. The lowest BCUT2D eigenvalue weighted by atomic mass is 9.95. The van der Waals surface area contributed by atoms with Crippen molar-refractivity contribution in [3.63, 3.8) is 0 Å². The molecule has 4 aromatic rings. The van der Waals surface area contributed by atoms with Gasteiger partial charge in [0, 0.05) is 38.3 Å². The number of tetrazole rings is 1. The average Bonchev–Trinajstić information content (AvgIpc) is 3.41. The molecule has 37 heavy (non-hydrogen) atoms. The summed E-state index contributed by atoms with van der Waals surface area (Å²) >= 11 is 0. The molecule has 1 aliphatic heterocycles. The molecule has 0 radical (unpaired) electrons. The molecule has 2 aliphatic rings. The lowest BCUT2D eigenvalue weighted by Gasteiger charge is -2.39. The second-order valence-electron chi connectivity index (χ2n) is 10.6. The number of aryl methyl sites for hydroxylation is 1. The number of hydrogen-bond donors (Lipinski definition) is 1. The first-order chi connectivity index (χ1) is 18.2. The summed E-state index contributed by atoms with van der Waals surface area (Å²) in [6, 6.07) is 18.8. The molecule has 1 saturated carbocycles. The van der Waals surface area contributed by atoms with Gasteiger partial charge in [0.2, 0.25) is 0 Å². The number of H-pyrrole nitrogens is 1. The fourth-order valence-electron chi connectivity index (χ4n) is 6.09. The van der Waals surface area contributed by atoms with Crippen LogP contribution in [0.5, 0.6) is 0 Å². The molecule has 0 spiro atoms. The largest absolute Gasteiger partial charge is 0.321 e. The Bertz CT molecular complexity index is 1400. The Hall–Kier alpha value is -3.36. The van der Waals surface area contributed by atoms with E-state index >= 15 is 0 Å². The van der Waals surface area contributed by atoms with Crippen LogP contribution in [-0.4, -0.2) is 61.2 Å². The van der Waals surface area contributed by atoms with E-state index < -0.39 is 0 Å². The van der Waals surface area contributed by atoms with Crippen LogP contribution in [0.4, 0.5) is 0 Å². The number of nitrogens with one attached hydrogen (secondary N) is 1. The lowest BCUT2D eigenvalue weighted by Crippen LogP contribution is -2.48. The molecule has 0 amide bonds. The van der Waals surface area contributed by atoms with Gasteiger partial charge < -0.3 is 4.98 Å².